The molecule has 0 aliphatic carbocycles. The van der Waals surface area contributed by atoms with Gasteiger partial charge in [-0.3, -0.25) is 4.79 Å². The third kappa shape index (κ3) is 6.85. The quantitative estimate of drug-likeness (QED) is 0.471. The Kier molecular flexibility index (Phi) is 8.12. The van der Waals surface area contributed by atoms with Gasteiger partial charge in [0.15, 0.2) is 6.61 Å². The van der Waals surface area contributed by atoms with Crippen LogP contribution < -0.4 is 14.9 Å². The summed E-state index contributed by atoms with van der Waals surface area (Å²) in [5, 5.41) is 4.14. The Bertz CT molecular complexity index is 850. The van der Waals surface area contributed by atoms with E-state index < -0.39 is 6.61 Å². The van der Waals surface area contributed by atoms with E-state index in [0.717, 1.165) is 11.1 Å². The van der Waals surface area contributed by atoms with Crippen molar-refractivity contribution >= 4 is 11.6 Å². The second-order valence-electron chi connectivity index (χ2n) is 6.83. The van der Waals surface area contributed by atoms with Gasteiger partial charge in [-0.1, -0.05) is 32.9 Å². The van der Waals surface area contributed by atoms with Crippen molar-refractivity contribution in [2.45, 2.75) is 46.6 Å². The number of nitrogens with one attached hydrogen (secondary N) is 1. The maximum Gasteiger partial charge on any atom is 0.387 e. The highest BCUT2D eigenvalue weighted by Gasteiger charge is 2.11. The minimum atomic E-state index is -2.87. The number of hydrazone groups is 1. The minimum Gasteiger partial charge on any atom is -0.483 e. The van der Waals surface area contributed by atoms with Crippen molar-refractivity contribution in [3.63, 3.8) is 0 Å². The van der Waals surface area contributed by atoms with Crippen LogP contribution in [0.4, 0.5) is 8.78 Å². The molecule has 0 saturated heterocycles. The van der Waals surface area contributed by atoms with E-state index in [4.69, 9.17) is 4.74 Å². The number of carbonyl (C=O) groups is 1. The molecule has 0 saturated carbocycles. The van der Waals surface area contributed by atoms with Crippen LogP contribution in [0.2, 0.25) is 0 Å². The molecule has 2 aromatic rings. The molecule has 156 valence electrons. The van der Waals surface area contributed by atoms with Crippen molar-refractivity contribution in [2.75, 3.05) is 6.61 Å². The zero-order valence-electron chi connectivity index (χ0n) is 17.0. The number of hydrogen-bond donors (Lipinski definition) is 1. The van der Waals surface area contributed by atoms with Gasteiger partial charge in [-0.2, -0.15) is 13.9 Å². The molecule has 0 aliphatic rings. The highest BCUT2D eigenvalue weighted by Crippen LogP contribution is 2.27. The Morgan fingerprint density at radius 1 is 1.14 bits per heavy atom. The van der Waals surface area contributed by atoms with Gasteiger partial charge in [-0.25, -0.2) is 5.43 Å². The van der Waals surface area contributed by atoms with Crippen LogP contribution in [-0.2, 0) is 4.79 Å². The van der Waals surface area contributed by atoms with Gasteiger partial charge in [0, 0.05) is 0 Å². The van der Waals surface area contributed by atoms with Crippen LogP contribution in [0, 0.1) is 6.92 Å². The lowest BCUT2D eigenvalue weighted by atomic mass is 10.0. The normalized spacial score (nSPS) is 11.7. The first-order valence-electron chi connectivity index (χ1n) is 9.44. The first kappa shape index (κ1) is 22.3. The number of hydrogen-bond acceptors (Lipinski definition) is 4. The fraction of sp³-hybridized carbons (Fsp3) is 0.364. The molecule has 1 amide bonds. The van der Waals surface area contributed by atoms with Gasteiger partial charge in [0.2, 0.25) is 0 Å². The van der Waals surface area contributed by atoms with Crippen molar-refractivity contribution < 1.29 is 23.0 Å². The lowest BCUT2D eigenvalue weighted by molar-refractivity contribution is -0.123. The number of alkyl halides is 2. The predicted octanol–water partition coefficient (Wildman–Crippen LogP) is 5.03. The van der Waals surface area contributed by atoms with E-state index in [1.54, 1.807) is 12.1 Å². The topological polar surface area (TPSA) is 59.9 Å². The molecule has 2 aromatic carbocycles. The zero-order chi connectivity index (χ0) is 21.4. The maximum atomic E-state index is 12.2. The Balaban J connectivity index is 1.99. The molecule has 0 aliphatic heterocycles. The summed E-state index contributed by atoms with van der Waals surface area (Å²) in [5.74, 6) is 0.639. The molecular formula is C22H26F2N2O3. The molecular weight excluding hydrogens is 378 g/mol. The van der Waals surface area contributed by atoms with Crippen molar-refractivity contribution in [3.05, 3.63) is 59.2 Å². The summed E-state index contributed by atoms with van der Waals surface area (Å²) in [6.07, 6.45) is 0.547. The molecule has 0 radical (unpaired) electrons. The number of ether oxygens (including phenoxy) is 2. The average Bonchev–Trinajstić information content (AvgIpc) is 2.67. The summed E-state index contributed by atoms with van der Waals surface area (Å²) in [4.78, 5) is 12.2. The van der Waals surface area contributed by atoms with Crippen molar-refractivity contribution in [3.8, 4) is 11.5 Å². The Morgan fingerprint density at radius 2 is 1.83 bits per heavy atom. The fourth-order valence-corrected chi connectivity index (χ4v) is 2.73. The molecule has 0 bridgehead atoms. The first-order chi connectivity index (χ1) is 13.8. The monoisotopic (exact) mass is 404 g/mol. The van der Waals surface area contributed by atoms with E-state index in [-0.39, 0.29) is 24.2 Å². The van der Waals surface area contributed by atoms with E-state index in [2.05, 4.69) is 29.1 Å². The third-order valence-electron chi connectivity index (χ3n) is 4.21. The van der Waals surface area contributed by atoms with Crippen LogP contribution in [0.15, 0.2) is 47.6 Å². The molecule has 0 atom stereocenters. The summed E-state index contributed by atoms with van der Waals surface area (Å²) in [6.45, 7) is 4.94. The van der Waals surface area contributed by atoms with E-state index in [9.17, 15) is 13.6 Å². The van der Waals surface area contributed by atoms with Crippen LogP contribution in [0.1, 0.15) is 49.8 Å². The van der Waals surface area contributed by atoms with Crippen molar-refractivity contribution in [1.82, 2.24) is 5.43 Å². The van der Waals surface area contributed by atoms with E-state index in [1.807, 2.05) is 32.0 Å². The number of halogens is 2. The number of nitrogens with zero attached hydrogens (tertiary/aromatic N) is 1. The molecule has 0 fully saturated rings. The van der Waals surface area contributed by atoms with Crippen molar-refractivity contribution in [1.29, 1.82) is 0 Å². The van der Waals surface area contributed by atoms with Crippen LogP contribution >= 0.6 is 0 Å². The second kappa shape index (κ2) is 10.5. The highest BCUT2D eigenvalue weighted by molar-refractivity contribution is 6.01. The van der Waals surface area contributed by atoms with Crippen LogP contribution in [-0.4, -0.2) is 24.8 Å². The fourth-order valence-electron chi connectivity index (χ4n) is 2.73. The molecule has 0 aromatic heterocycles. The zero-order valence-corrected chi connectivity index (χ0v) is 17.0. The summed E-state index contributed by atoms with van der Waals surface area (Å²) >= 11 is 0. The smallest absolute Gasteiger partial charge is 0.387 e. The highest BCUT2D eigenvalue weighted by atomic mass is 19.3. The largest absolute Gasteiger partial charge is 0.483 e. The van der Waals surface area contributed by atoms with Gasteiger partial charge in [-0.15, -0.1) is 0 Å². The lowest BCUT2D eigenvalue weighted by Gasteiger charge is -2.14. The molecule has 0 unspecified atom stereocenters. The Morgan fingerprint density at radius 3 is 2.41 bits per heavy atom. The van der Waals surface area contributed by atoms with E-state index in [1.165, 1.54) is 12.1 Å². The number of rotatable bonds is 9. The molecule has 2 rings (SSSR count). The van der Waals surface area contributed by atoms with Gasteiger partial charge in [0.05, 0.1) is 5.71 Å². The van der Waals surface area contributed by atoms with Gasteiger partial charge in [-0.05, 0) is 66.3 Å². The van der Waals surface area contributed by atoms with E-state index >= 15 is 0 Å². The average molecular weight is 404 g/mol. The standard InChI is InChI=1S/C22H26F2N2O3/c1-5-19(16-7-9-17(10-8-16)29-22(23)24)25-26-21(27)13-28-20-12-15(4)6-11-18(20)14(2)3/h6-12,14,22H,5,13H2,1-4H3,(H,26,27)/b25-19-. The number of aryl methyl sites for hydroxylation is 1. The summed E-state index contributed by atoms with van der Waals surface area (Å²) < 4.78 is 34.5. The molecule has 5 nitrogen and oxygen atoms in total. The summed E-state index contributed by atoms with van der Waals surface area (Å²) in [6, 6.07) is 12.0. The second-order valence-corrected chi connectivity index (χ2v) is 6.83. The van der Waals surface area contributed by atoms with Crippen LogP contribution in [0.3, 0.4) is 0 Å². The first-order valence-corrected chi connectivity index (χ1v) is 9.44. The Hall–Kier alpha value is -2.96. The van der Waals surface area contributed by atoms with E-state index in [0.29, 0.717) is 23.4 Å². The van der Waals surface area contributed by atoms with Crippen LogP contribution in [0.25, 0.3) is 0 Å². The van der Waals surface area contributed by atoms with Gasteiger partial charge in [0.25, 0.3) is 5.91 Å². The minimum absolute atomic E-state index is 0.0655. The lowest BCUT2D eigenvalue weighted by Crippen LogP contribution is -2.26. The van der Waals surface area contributed by atoms with Gasteiger partial charge in [0.1, 0.15) is 11.5 Å². The molecule has 0 heterocycles. The molecule has 0 spiro atoms. The van der Waals surface area contributed by atoms with Crippen LogP contribution in [0.5, 0.6) is 11.5 Å². The number of amides is 1. The molecule has 7 heteroatoms. The third-order valence-corrected chi connectivity index (χ3v) is 4.21. The molecule has 1 N–H and O–H groups in total. The number of benzene rings is 2. The summed E-state index contributed by atoms with van der Waals surface area (Å²) in [7, 11) is 0. The number of carbonyl (C=O) groups excluding carboxylic acids is 1. The van der Waals surface area contributed by atoms with Crippen molar-refractivity contribution in [2.24, 2.45) is 5.10 Å². The predicted molar refractivity (Wildman–Crippen MR) is 109 cm³/mol. The summed E-state index contributed by atoms with van der Waals surface area (Å²) in [5.41, 5.74) is 5.89. The maximum absolute atomic E-state index is 12.2. The van der Waals surface area contributed by atoms with Gasteiger partial charge >= 0.3 is 6.61 Å². The van der Waals surface area contributed by atoms with Gasteiger partial charge < -0.3 is 9.47 Å². The Labute approximate surface area is 169 Å². The molecule has 29 heavy (non-hydrogen) atoms. The SMILES string of the molecule is CC/C(=N/NC(=O)COc1cc(C)ccc1C(C)C)c1ccc(OC(F)F)cc1.